The Balaban J connectivity index is 1.69. The predicted molar refractivity (Wildman–Crippen MR) is 96.6 cm³/mol. The van der Waals surface area contributed by atoms with Crippen molar-refractivity contribution in [2.75, 3.05) is 0 Å². The van der Waals surface area contributed by atoms with E-state index in [1.807, 2.05) is 18.2 Å². The Hall–Kier alpha value is -2.62. The first-order chi connectivity index (χ1) is 12.1. The van der Waals surface area contributed by atoms with Crippen LogP contribution >= 0.6 is 0 Å². The lowest BCUT2D eigenvalue weighted by Crippen LogP contribution is -2.48. The molecule has 1 amide bonds. The summed E-state index contributed by atoms with van der Waals surface area (Å²) in [6.07, 6.45) is 5.28. The molecule has 1 aliphatic carbocycles. The molecule has 0 aromatic heterocycles. The standard InChI is InChI=1S/C21H23NO3/c23-19(14-17-9-6-10-18(13-17)20(24)25)22-21(11-4-5-12-21)15-16-7-2-1-3-8-16/h1-3,6-10,13H,4-5,11-12,14-15H2,(H,22,23)(H,24,25). The van der Waals surface area contributed by atoms with Crippen LogP contribution in [0.4, 0.5) is 0 Å². The molecule has 0 atom stereocenters. The molecule has 0 aliphatic heterocycles. The van der Waals surface area contributed by atoms with Gasteiger partial charge < -0.3 is 10.4 Å². The summed E-state index contributed by atoms with van der Waals surface area (Å²) in [7, 11) is 0. The lowest BCUT2D eigenvalue weighted by Gasteiger charge is -2.31. The Kier molecular flexibility index (Phi) is 5.17. The number of carbonyl (C=O) groups is 2. The fourth-order valence-corrected chi connectivity index (χ4v) is 3.72. The smallest absolute Gasteiger partial charge is 0.335 e. The molecule has 0 saturated heterocycles. The molecular weight excluding hydrogens is 314 g/mol. The van der Waals surface area contributed by atoms with E-state index in [1.54, 1.807) is 18.2 Å². The summed E-state index contributed by atoms with van der Waals surface area (Å²) < 4.78 is 0. The van der Waals surface area contributed by atoms with Crippen molar-refractivity contribution in [2.24, 2.45) is 0 Å². The highest BCUT2D eigenvalue weighted by molar-refractivity contribution is 5.88. The van der Waals surface area contributed by atoms with E-state index in [4.69, 9.17) is 5.11 Å². The predicted octanol–water partition coefficient (Wildman–Crippen LogP) is 3.60. The summed E-state index contributed by atoms with van der Waals surface area (Å²) in [4.78, 5) is 23.7. The number of carboxylic acid groups (broad SMARTS) is 1. The Bertz CT molecular complexity index is 749. The first-order valence-corrected chi connectivity index (χ1v) is 8.74. The van der Waals surface area contributed by atoms with Gasteiger partial charge >= 0.3 is 5.97 Å². The largest absolute Gasteiger partial charge is 0.478 e. The van der Waals surface area contributed by atoms with E-state index in [-0.39, 0.29) is 23.4 Å². The van der Waals surface area contributed by atoms with Crippen LogP contribution in [0.25, 0.3) is 0 Å². The highest BCUT2D eigenvalue weighted by Gasteiger charge is 2.35. The van der Waals surface area contributed by atoms with E-state index < -0.39 is 5.97 Å². The molecule has 0 spiro atoms. The number of hydrogen-bond donors (Lipinski definition) is 2. The molecule has 0 heterocycles. The van der Waals surface area contributed by atoms with Gasteiger partial charge in [-0.05, 0) is 42.5 Å². The van der Waals surface area contributed by atoms with Crippen molar-refractivity contribution >= 4 is 11.9 Å². The summed E-state index contributed by atoms with van der Waals surface area (Å²) in [6.45, 7) is 0. The Morgan fingerprint density at radius 3 is 2.32 bits per heavy atom. The summed E-state index contributed by atoms with van der Waals surface area (Å²) >= 11 is 0. The molecule has 4 nitrogen and oxygen atoms in total. The molecule has 0 unspecified atom stereocenters. The van der Waals surface area contributed by atoms with Crippen LogP contribution < -0.4 is 5.32 Å². The molecule has 1 saturated carbocycles. The van der Waals surface area contributed by atoms with Crippen molar-refractivity contribution in [3.8, 4) is 0 Å². The van der Waals surface area contributed by atoms with Gasteiger partial charge in [-0.2, -0.15) is 0 Å². The first-order valence-electron chi connectivity index (χ1n) is 8.74. The van der Waals surface area contributed by atoms with Crippen LogP contribution in [-0.4, -0.2) is 22.5 Å². The molecular formula is C21H23NO3. The molecule has 3 rings (SSSR count). The second kappa shape index (κ2) is 7.51. The average Bonchev–Trinajstić information content (AvgIpc) is 3.03. The van der Waals surface area contributed by atoms with Gasteiger partial charge in [-0.3, -0.25) is 4.79 Å². The van der Waals surface area contributed by atoms with E-state index >= 15 is 0 Å². The molecule has 2 aromatic carbocycles. The average molecular weight is 337 g/mol. The molecule has 130 valence electrons. The van der Waals surface area contributed by atoms with E-state index in [9.17, 15) is 9.59 Å². The van der Waals surface area contributed by atoms with Gasteiger partial charge in [0, 0.05) is 5.54 Å². The van der Waals surface area contributed by atoms with E-state index in [0.29, 0.717) is 0 Å². The van der Waals surface area contributed by atoms with Gasteiger partial charge in [-0.1, -0.05) is 55.3 Å². The minimum absolute atomic E-state index is 0.0413. The molecule has 0 bridgehead atoms. The SMILES string of the molecule is O=C(Cc1cccc(C(=O)O)c1)NC1(Cc2ccccc2)CCCC1. The number of carboxylic acids is 1. The van der Waals surface area contributed by atoms with Crippen molar-refractivity contribution in [2.45, 2.75) is 44.1 Å². The van der Waals surface area contributed by atoms with Crippen LogP contribution in [0.5, 0.6) is 0 Å². The van der Waals surface area contributed by atoms with Crippen LogP contribution in [-0.2, 0) is 17.6 Å². The van der Waals surface area contributed by atoms with Gasteiger partial charge in [0.25, 0.3) is 0 Å². The van der Waals surface area contributed by atoms with Crippen LogP contribution in [0.2, 0.25) is 0 Å². The quantitative estimate of drug-likeness (QED) is 0.846. The molecule has 2 aromatic rings. The minimum atomic E-state index is -0.974. The van der Waals surface area contributed by atoms with Gasteiger partial charge in [0.2, 0.25) is 5.91 Å². The third-order valence-electron chi connectivity index (χ3n) is 4.89. The Morgan fingerprint density at radius 1 is 0.960 bits per heavy atom. The van der Waals surface area contributed by atoms with E-state index in [2.05, 4.69) is 17.4 Å². The highest BCUT2D eigenvalue weighted by atomic mass is 16.4. The Labute approximate surface area is 147 Å². The lowest BCUT2D eigenvalue weighted by molar-refractivity contribution is -0.122. The van der Waals surface area contributed by atoms with Gasteiger partial charge in [-0.25, -0.2) is 4.79 Å². The van der Waals surface area contributed by atoms with E-state index in [1.165, 1.54) is 11.6 Å². The fourth-order valence-electron chi connectivity index (χ4n) is 3.72. The Morgan fingerprint density at radius 2 is 1.64 bits per heavy atom. The number of rotatable bonds is 6. The number of carbonyl (C=O) groups excluding carboxylic acids is 1. The molecule has 2 N–H and O–H groups in total. The third kappa shape index (κ3) is 4.47. The molecule has 1 fully saturated rings. The lowest BCUT2D eigenvalue weighted by atomic mass is 9.88. The van der Waals surface area contributed by atoms with Gasteiger partial charge in [0.1, 0.15) is 0 Å². The van der Waals surface area contributed by atoms with Crippen LogP contribution in [0.3, 0.4) is 0 Å². The van der Waals surface area contributed by atoms with Crippen LogP contribution in [0.15, 0.2) is 54.6 Å². The van der Waals surface area contributed by atoms with Crippen molar-refractivity contribution in [1.29, 1.82) is 0 Å². The fraction of sp³-hybridized carbons (Fsp3) is 0.333. The molecule has 0 radical (unpaired) electrons. The maximum Gasteiger partial charge on any atom is 0.335 e. The van der Waals surface area contributed by atoms with Crippen molar-refractivity contribution in [3.05, 3.63) is 71.3 Å². The zero-order valence-corrected chi connectivity index (χ0v) is 14.2. The van der Waals surface area contributed by atoms with Crippen LogP contribution in [0.1, 0.15) is 47.2 Å². The zero-order valence-electron chi connectivity index (χ0n) is 14.2. The van der Waals surface area contributed by atoms with Gasteiger partial charge in [0.15, 0.2) is 0 Å². The monoisotopic (exact) mass is 337 g/mol. The van der Waals surface area contributed by atoms with E-state index in [0.717, 1.165) is 37.7 Å². The van der Waals surface area contributed by atoms with Crippen molar-refractivity contribution in [1.82, 2.24) is 5.32 Å². The van der Waals surface area contributed by atoms with Gasteiger partial charge in [-0.15, -0.1) is 0 Å². The van der Waals surface area contributed by atoms with Crippen LogP contribution in [0, 0.1) is 0 Å². The molecule has 25 heavy (non-hydrogen) atoms. The molecule has 4 heteroatoms. The van der Waals surface area contributed by atoms with Crippen molar-refractivity contribution < 1.29 is 14.7 Å². The minimum Gasteiger partial charge on any atom is -0.478 e. The number of hydrogen-bond acceptors (Lipinski definition) is 2. The van der Waals surface area contributed by atoms with Crippen molar-refractivity contribution in [3.63, 3.8) is 0 Å². The summed E-state index contributed by atoms with van der Waals surface area (Å²) in [5.74, 6) is -1.01. The highest BCUT2D eigenvalue weighted by Crippen LogP contribution is 2.33. The normalized spacial score (nSPS) is 15.7. The van der Waals surface area contributed by atoms with Gasteiger partial charge in [0.05, 0.1) is 12.0 Å². The first kappa shape index (κ1) is 17.2. The second-order valence-electron chi connectivity index (χ2n) is 6.88. The summed E-state index contributed by atoms with van der Waals surface area (Å²) in [5.41, 5.74) is 2.00. The number of aromatic carboxylic acids is 1. The summed E-state index contributed by atoms with van der Waals surface area (Å²) in [6, 6.07) is 16.8. The number of amides is 1. The topological polar surface area (TPSA) is 66.4 Å². The maximum absolute atomic E-state index is 12.6. The summed E-state index contributed by atoms with van der Waals surface area (Å²) in [5, 5.41) is 12.3. The maximum atomic E-state index is 12.6. The number of nitrogens with one attached hydrogen (secondary N) is 1. The zero-order chi connectivity index (χ0) is 17.7. The second-order valence-corrected chi connectivity index (χ2v) is 6.88. The third-order valence-corrected chi connectivity index (χ3v) is 4.89. The molecule has 1 aliphatic rings. The number of benzene rings is 2.